The van der Waals surface area contributed by atoms with E-state index < -0.39 is 17.6 Å². The maximum absolute atomic E-state index is 14.3. The molecule has 0 saturated heterocycles. The minimum absolute atomic E-state index is 0.0351. The summed E-state index contributed by atoms with van der Waals surface area (Å²) in [5, 5.41) is 5.40. The summed E-state index contributed by atoms with van der Waals surface area (Å²) in [5.74, 6) is -0.231. The van der Waals surface area contributed by atoms with Crippen molar-refractivity contribution in [1.29, 1.82) is 0 Å². The van der Waals surface area contributed by atoms with E-state index in [0.29, 0.717) is 22.9 Å². The Kier molecular flexibility index (Phi) is 6.95. The fourth-order valence-electron chi connectivity index (χ4n) is 2.89. The van der Waals surface area contributed by atoms with E-state index in [0.717, 1.165) is 18.3 Å². The first kappa shape index (κ1) is 23.7. The van der Waals surface area contributed by atoms with Gasteiger partial charge in [0.25, 0.3) is 0 Å². The van der Waals surface area contributed by atoms with Crippen molar-refractivity contribution in [1.82, 2.24) is 9.97 Å². The van der Waals surface area contributed by atoms with Crippen LogP contribution in [0, 0.1) is 5.82 Å². The van der Waals surface area contributed by atoms with Crippen molar-refractivity contribution >= 4 is 23.1 Å². The molecular weight excluding hydrogens is 448 g/mol. The summed E-state index contributed by atoms with van der Waals surface area (Å²) in [6.07, 6.45) is -3.74. The maximum atomic E-state index is 14.3. The predicted molar refractivity (Wildman–Crippen MR) is 113 cm³/mol. The molecule has 0 atom stereocenters. The number of hydrogen-bond acceptors (Lipinski definition) is 8. The molecule has 3 rings (SSSR count). The first-order chi connectivity index (χ1) is 15.7. The number of methoxy groups -OCH3 is 4. The highest BCUT2D eigenvalue weighted by Crippen LogP contribution is 2.40. The first-order valence-electron chi connectivity index (χ1n) is 9.31. The number of nitrogens with one attached hydrogen (secondary N) is 2. The Morgan fingerprint density at radius 2 is 1.42 bits per heavy atom. The second-order valence-electron chi connectivity index (χ2n) is 6.50. The van der Waals surface area contributed by atoms with Crippen LogP contribution < -0.4 is 29.6 Å². The summed E-state index contributed by atoms with van der Waals surface area (Å²) < 4.78 is 74.5. The Hall–Kier alpha value is -3.96. The number of hydrogen-bond donors (Lipinski definition) is 2. The SMILES string of the molecule is COc1cc(Nc2nc(Nc3cc(OC)c(OC)c(OC)c3)ncc2F)cc(C(F)(F)F)c1. The van der Waals surface area contributed by atoms with Crippen molar-refractivity contribution in [3.05, 3.63) is 47.9 Å². The average molecular weight is 468 g/mol. The summed E-state index contributed by atoms with van der Waals surface area (Å²) in [6.45, 7) is 0. The van der Waals surface area contributed by atoms with Crippen molar-refractivity contribution in [3.63, 3.8) is 0 Å². The Labute approximate surface area is 186 Å². The second-order valence-corrected chi connectivity index (χ2v) is 6.50. The number of halogens is 4. The zero-order valence-corrected chi connectivity index (χ0v) is 18.0. The molecule has 0 bridgehead atoms. The molecule has 2 aromatic carbocycles. The van der Waals surface area contributed by atoms with Gasteiger partial charge in [0.15, 0.2) is 23.1 Å². The number of rotatable bonds is 8. The monoisotopic (exact) mass is 468 g/mol. The van der Waals surface area contributed by atoms with E-state index in [1.165, 1.54) is 34.5 Å². The number of anilines is 4. The Morgan fingerprint density at radius 1 is 0.788 bits per heavy atom. The van der Waals surface area contributed by atoms with Gasteiger partial charge in [-0.1, -0.05) is 0 Å². The fourth-order valence-corrected chi connectivity index (χ4v) is 2.89. The molecule has 0 fully saturated rings. The highest BCUT2D eigenvalue weighted by atomic mass is 19.4. The van der Waals surface area contributed by atoms with E-state index in [2.05, 4.69) is 20.6 Å². The zero-order chi connectivity index (χ0) is 24.2. The lowest BCUT2D eigenvalue weighted by Crippen LogP contribution is -2.07. The van der Waals surface area contributed by atoms with Crippen molar-refractivity contribution in [2.24, 2.45) is 0 Å². The summed E-state index contributed by atoms with van der Waals surface area (Å²) in [6, 6.07) is 6.09. The smallest absolute Gasteiger partial charge is 0.416 e. The van der Waals surface area contributed by atoms with Crippen molar-refractivity contribution in [3.8, 4) is 23.0 Å². The Morgan fingerprint density at radius 3 is 1.97 bits per heavy atom. The van der Waals surface area contributed by atoms with Crippen LogP contribution in [0.4, 0.5) is 40.7 Å². The third-order valence-electron chi connectivity index (χ3n) is 4.40. The van der Waals surface area contributed by atoms with Crippen LogP contribution in [0.1, 0.15) is 5.56 Å². The van der Waals surface area contributed by atoms with Crippen LogP contribution in [0.25, 0.3) is 0 Å². The van der Waals surface area contributed by atoms with Gasteiger partial charge < -0.3 is 29.6 Å². The number of benzene rings is 2. The highest BCUT2D eigenvalue weighted by Gasteiger charge is 2.31. The molecule has 0 amide bonds. The molecule has 0 spiro atoms. The van der Waals surface area contributed by atoms with E-state index >= 15 is 0 Å². The molecule has 3 aromatic rings. The van der Waals surface area contributed by atoms with Gasteiger partial charge in [-0.25, -0.2) is 9.37 Å². The molecule has 0 aliphatic carbocycles. The molecule has 12 heteroatoms. The molecule has 0 aliphatic heterocycles. The van der Waals surface area contributed by atoms with Crippen LogP contribution in [-0.4, -0.2) is 38.4 Å². The van der Waals surface area contributed by atoms with E-state index in [1.807, 2.05) is 0 Å². The lowest BCUT2D eigenvalue weighted by Gasteiger charge is -2.15. The summed E-state index contributed by atoms with van der Waals surface area (Å²) >= 11 is 0. The molecule has 0 saturated carbocycles. The normalized spacial score (nSPS) is 11.0. The van der Waals surface area contributed by atoms with Crippen LogP contribution in [0.3, 0.4) is 0 Å². The van der Waals surface area contributed by atoms with Crippen molar-refractivity contribution in [2.45, 2.75) is 6.18 Å². The van der Waals surface area contributed by atoms with Crippen LogP contribution >= 0.6 is 0 Å². The van der Waals surface area contributed by atoms with Gasteiger partial charge in [0.05, 0.1) is 40.2 Å². The molecule has 2 N–H and O–H groups in total. The highest BCUT2D eigenvalue weighted by molar-refractivity contribution is 5.67. The van der Waals surface area contributed by atoms with Gasteiger partial charge >= 0.3 is 6.18 Å². The predicted octanol–water partition coefficient (Wildman–Crippen LogP) is 5.16. The number of ether oxygens (including phenoxy) is 4. The fraction of sp³-hybridized carbons (Fsp3) is 0.238. The summed E-state index contributed by atoms with van der Waals surface area (Å²) in [7, 11) is 5.57. The molecule has 176 valence electrons. The van der Waals surface area contributed by atoms with Crippen LogP contribution in [0.15, 0.2) is 36.5 Å². The van der Waals surface area contributed by atoms with E-state index in [-0.39, 0.29) is 23.2 Å². The van der Waals surface area contributed by atoms with E-state index in [1.54, 1.807) is 12.1 Å². The van der Waals surface area contributed by atoms with Crippen molar-refractivity contribution in [2.75, 3.05) is 39.1 Å². The quantitative estimate of drug-likeness (QED) is 0.439. The molecule has 33 heavy (non-hydrogen) atoms. The average Bonchev–Trinajstić information content (AvgIpc) is 2.79. The third kappa shape index (κ3) is 5.45. The van der Waals surface area contributed by atoms with Crippen LogP contribution in [0.2, 0.25) is 0 Å². The molecule has 1 heterocycles. The maximum Gasteiger partial charge on any atom is 0.416 e. The standard InChI is InChI=1S/C21H20F4N4O4/c1-30-14-6-11(21(23,24)25)5-12(7-14)27-19-15(22)10-26-20(29-19)28-13-8-16(31-2)18(33-4)17(9-13)32-3/h5-10H,1-4H3,(H2,26,27,28,29). The minimum Gasteiger partial charge on any atom is -0.497 e. The molecule has 0 unspecified atom stereocenters. The minimum atomic E-state index is -4.62. The Balaban J connectivity index is 1.93. The van der Waals surface area contributed by atoms with Gasteiger partial charge in [-0.3, -0.25) is 0 Å². The number of nitrogens with zero attached hydrogens (tertiary/aromatic N) is 2. The van der Waals surface area contributed by atoms with Gasteiger partial charge in [0, 0.05) is 29.6 Å². The second kappa shape index (κ2) is 9.67. The van der Waals surface area contributed by atoms with Crippen molar-refractivity contribution < 1.29 is 36.5 Å². The number of alkyl halides is 3. The molecule has 8 nitrogen and oxygen atoms in total. The summed E-state index contributed by atoms with van der Waals surface area (Å²) in [5.41, 5.74) is -0.601. The van der Waals surface area contributed by atoms with Gasteiger partial charge in [-0.15, -0.1) is 0 Å². The lowest BCUT2D eigenvalue weighted by molar-refractivity contribution is -0.137. The summed E-state index contributed by atoms with van der Waals surface area (Å²) in [4.78, 5) is 7.89. The number of aromatic nitrogens is 2. The molecule has 1 aromatic heterocycles. The zero-order valence-electron chi connectivity index (χ0n) is 18.0. The molecular formula is C21H20F4N4O4. The third-order valence-corrected chi connectivity index (χ3v) is 4.40. The molecule has 0 radical (unpaired) electrons. The first-order valence-corrected chi connectivity index (χ1v) is 9.31. The van der Waals surface area contributed by atoms with Crippen LogP contribution in [0.5, 0.6) is 23.0 Å². The van der Waals surface area contributed by atoms with Gasteiger partial charge in [-0.05, 0) is 12.1 Å². The van der Waals surface area contributed by atoms with E-state index in [4.69, 9.17) is 18.9 Å². The topological polar surface area (TPSA) is 86.8 Å². The van der Waals surface area contributed by atoms with Gasteiger partial charge in [0.2, 0.25) is 11.7 Å². The van der Waals surface area contributed by atoms with E-state index in [9.17, 15) is 17.6 Å². The largest absolute Gasteiger partial charge is 0.497 e. The lowest BCUT2D eigenvalue weighted by atomic mass is 10.1. The van der Waals surface area contributed by atoms with Gasteiger partial charge in [0.1, 0.15) is 5.75 Å². The Bertz CT molecular complexity index is 1120. The molecule has 0 aliphatic rings. The van der Waals surface area contributed by atoms with Gasteiger partial charge in [-0.2, -0.15) is 18.2 Å². The van der Waals surface area contributed by atoms with Crippen LogP contribution in [-0.2, 0) is 6.18 Å².